The molecular weight excluding hydrogens is 266 g/mol. The maximum atomic E-state index is 12.6. The van der Waals surface area contributed by atoms with Gasteiger partial charge in [-0.3, -0.25) is 9.48 Å². The number of carbonyl (C=O) groups is 1. The van der Waals surface area contributed by atoms with Crippen molar-refractivity contribution in [2.45, 2.75) is 58.6 Å². The zero-order valence-corrected chi connectivity index (χ0v) is 13.5. The molecule has 5 nitrogen and oxygen atoms in total. The Labute approximate surface area is 126 Å². The van der Waals surface area contributed by atoms with E-state index >= 15 is 0 Å². The number of hydrogen-bond donors (Lipinski definition) is 1. The average Bonchev–Trinajstić information content (AvgIpc) is 3.23. The van der Waals surface area contributed by atoms with Crippen LogP contribution in [0.25, 0.3) is 0 Å². The number of nitrogens with zero attached hydrogens (tertiary/aromatic N) is 3. The Hall–Kier alpha value is -1.36. The van der Waals surface area contributed by atoms with Gasteiger partial charge in [0, 0.05) is 13.6 Å². The fourth-order valence-electron chi connectivity index (χ4n) is 2.78. The number of aliphatic hydroxyl groups excluding tert-OH is 1. The first-order valence-electron chi connectivity index (χ1n) is 7.97. The molecule has 1 fully saturated rings. The summed E-state index contributed by atoms with van der Waals surface area (Å²) in [5.74, 6) is 0.327. The summed E-state index contributed by atoms with van der Waals surface area (Å²) < 4.78 is 1.86. The Morgan fingerprint density at radius 1 is 1.48 bits per heavy atom. The fraction of sp³-hybridized carbons (Fsp3) is 0.750. The van der Waals surface area contributed by atoms with Crippen LogP contribution in [0.4, 0.5) is 0 Å². The predicted molar refractivity (Wildman–Crippen MR) is 82.3 cm³/mol. The van der Waals surface area contributed by atoms with Gasteiger partial charge in [-0.25, -0.2) is 0 Å². The van der Waals surface area contributed by atoms with Crippen molar-refractivity contribution < 1.29 is 9.90 Å². The van der Waals surface area contributed by atoms with Crippen LogP contribution in [0.2, 0.25) is 0 Å². The first-order valence-corrected chi connectivity index (χ1v) is 7.97. The Morgan fingerprint density at radius 3 is 2.62 bits per heavy atom. The molecule has 1 atom stereocenters. The normalized spacial score (nSPS) is 16.3. The molecule has 1 saturated carbocycles. The molecule has 5 heteroatoms. The summed E-state index contributed by atoms with van der Waals surface area (Å²) in [7, 11) is 1.76. The van der Waals surface area contributed by atoms with Crippen molar-refractivity contribution in [2.24, 2.45) is 5.92 Å². The van der Waals surface area contributed by atoms with Crippen molar-refractivity contribution in [3.05, 3.63) is 17.5 Å². The lowest BCUT2D eigenvalue weighted by Crippen LogP contribution is -2.36. The van der Waals surface area contributed by atoms with Crippen LogP contribution in [0.5, 0.6) is 0 Å². The second-order valence-electron chi connectivity index (χ2n) is 6.18. The smallest absolute Gasteiger partial charge is 0.271 e. The lowest BCUT2D eigenvalue weighted by atomic mass is 10.1. The molecule has 2 rings (SSSR count). The van der Waals surface area contributed by atoms with Crippen molar-refractivity contribution >= 4 is 5.91 Å². The van der Waals surface area contributed by atoms with E-state index in [0.717, 1.165) is 31.4 Å². The minimum atomic E-state index is -0.399. The minimum Gasteiger partial charge on any atom is -0.391 e. The lowest BCUT2D eigenvalue weighted by molar-refractivity contribution is 0.0631. The molecule has 1 aliphatic carbocycles. The molecule has 0 aliphatic heterocycles. The van der Waals surface area contributed by atoms with Crippen LogP contribution in [-0.4, -0.2) is 45.4 Å². The summed E-state index contributed by atoms with van der Waals surface area (Å²) in [6, 6.07) is 2.10. The van der Waals surface area contributed by atoms with Crippen LogP contribution in [-0.2, 0) is 0 Å². The van der Waals surface area contributed by atoms with Crippen LogP contribution in [0.1, 0.15) is 61.8 Å². The molecule has 118 valence electrons. The van der Waals surface area contributed by atoms with Gasteiger partial charge in [-0.1, -0.05) is 13.8 Å². The van der Waals surface area contributed by atoms with Gasteiger partial charge in [0.05, 0.1) is 17.8 Å². The van der Waals surface area contributed by atoms with E-state index < -0.39 is 6.10 Å². The third-order valence-electron chi connectivity index (χ3n) is 4.34. The molecule has 1 aromatic heterocycles. The molecule has 21 heavy (non-hydrogen) atoms. The van der Waals surface area contributed by atoms with Gasteiger partial charge in [0.2, 0.25) is 0 Å². The number of rotatable bonds is 7. The SMILES string of the molecule is CCC(CC)n1nc(C)cc1C(=O)N(C)CC(O)C1CC1. The quantitative estimate of drug-likeness (QED) is 0.840. The van der Waals surface area contributed by atoms with E-state index in [0.29, 0.717) is 18.2 Å². The number of aryl methyl sites for hydroxylation is 1. The number of likely N-dealkylation sites (N-methyl/N-ethyl adjacent to an activating group) is 1. The number of amides is 1. The fourth-order valence-corrected chi connectivity index (χ4v) is 2.78. The Bertz CT molecular complexity index is 490. The molecule has 0 saturated heterocycles. The highest BCUT2D eigenvalue weighted by Gasteiger charge is 2.32. The second kappa shape index (κ2) is 6.60. The van der Waals surface area contributed by atoms with E-state index in [2.05, 4.69) is 18.9 Å². The monoisotopic (exact) mass is 293 g/mol. The van der Waals surface area contributed by atoms with Crippen LogP contribution < -0.4 is 0 Å². The average molecular weight is 293 g/mol. The number of aliphatic hydroxyl groups is 1. The van der Waals surface area contributed by atoms with E-state index in [1.165, 1.54) is 0 Å². The molecular formula is C16H27N3O2. The molecule has 0 spiro atoms. The Morgan fingerprint density at radius 2 is 2.10 bits per heavy atom. The highest BCUT2D eigenvalue weighted by Crippen LogP contribution is 2.32. The Kier molecular flexibility index (Phi) is 5.04. The van der Waals surface area contributed by atoms with Crippen molar-refractivity contribution in [3.8, 4) is 0 Å². The molecule has 1 heterocycles. The number of carbonyl (C=O) groups excluding carboxylic acids is 1. The first kappa shape index (κ1) is 16.0. The van der Waals surface area contributed by atoms with Crippen molar-refractivity contribution in [2.75, 3.05) is 13.6 Å². The highest BCUT2D eigenvalue weighted by molar-refractivity contribution is 5.92. The summed E-state index contributed by atoms with van der Waals surface area (Å²) in [4.78, 5) is 14.3. The number of aromatic nitrogens is 2. The van der Waals surface area contributed by atoms with Crippen molar-refractivity contribution in [1.29, 1.82) is 0 Å². The molecule has 0 radical (unpaired) electrons. The second-order valence-corrected chi connectivity index (χ2v) is 6.18. The largest absolute Gasteiger partial charge is 0.391 e. The van der Waals surface area contributed by atoms with Gasteiger partial charge in [0.1, 0.15) is 5.69 Å². The minimum absolute atomic E-state index is 0.0535. The maximum Gasteiger partial charge on any atom is 0.271 e. The zero-order chi connectivity index (χ0) is 15.6. The van der Waals surface area contributed by atoms with Gasteiger partial charge in [-0.2, -0.15) is 5.10 Å². The van der Waals surface area contributed by atoms with E-state index in [1.807, 2.05) is 17.7 Å². The maximum absolute atomic E-state index is 12.6. The standard InChI is InChI=1S/C16H27N3O2/c1-5-13(6-2)19-14(9-11(3)17-19)16(21)18(4)10-15(20)12-7-8-12/h9,12-13,15,20H,5-8,10H2,1-4H3. The van der Waals surface area contributed by atoms with Crippen LogP contribution >= 0.6 is 0 Å². The molecule has 1 aromatic rings. The summed E-state index contributed by atoms with van der Waals surface area (Å²) >= 11 is 0. The van der Waals surface area contributed by atoms with Crippen LogP contribution in [0, 0.1) is 12.8 Å². The van der Waals surface area contributed by atoms with E-state index in [1.54, 1.807) is 11.9 Å². The summed E-state index contributed by atoms with van der Waals surface area (Å²) in [6.45, 7) is 6.53. The van der Waals surface area contributed by atoms with Crippen LogP contribution in [0.15, 0.2) is 6.07 Å². The highest BCUT2D eigenvalue weighted by atomic mass is 16.3. The van der Waals surface area contributed by atoms with Gasteiger partial charge in [0.25, 0.3) is 5.91 Å². The topological polar surface area (TPSA) is 58.4 Å². The molecule has 1 aliphatic rings. The van der Waals surface area contributed by atoms with E-state index in [4.69, 9.17) is 0 Å². The van der Waals surface area contributed by atoms with Gasteiger partial charge in [0.15, 0.2) is 0 Å². The van der Waals surface area contributed by atoms with E-state index in [9.17, 15) is 9.90 Å². The number of hydrogen-bond acceptors (Lipinski definition) is 3. The molecule has 0 bridgehead atoms. The van der Waals surface area contributed by atoms with Crippen molar-refractivity contribution in [1.82, 2.24) is 14.7 Å². The summed E-state index contributed by atoms with van der Waals surface area (Å²) in [6.07, 6.45) is 3.66. The van der Waals surface area contributed by atoms with Gasteiger partial charge >= 0.3 is 0 Å². The third-order valence-corrected chi connectivity index (χ3v) is 4.34. The Balaban J connectivity index is 2.13. The molecule has 1 amide bonds. The third kappa shape index (κ3) is 3.64. The van der Waals surface area contributed by atoms with Gasteiger partial charge in [-0.15, -0.1) is 0 Å². The molecule has 1 N–H and O–H groups in total. The molecule has 1 unspecified atom stereocenters. The summed E-state index contributed by atoms with van der Waals surface area (Å²) in [5, 5.41) is 14.5. The summed E-state index contributed by atoms with van der Waals surface area (Å²) in [5.41, 5.74) is 1.49. The predicted octanol–water partition coefficient (Wildman–Crippen LogP) is 2.40. The van der Waals surface area contributed by atoms with Crippen LogP contribution in [0.3, 0.4) is 0 Å². The molecule has 0 aromatic carbocycles. The lowest BCUT2D eigenvalue weighted by Gasteiger charge is -2.23. The zero-order valence-electron chi connectivity index (χ0n) is 13.5. The first-order chi connectivity index (χ1) is 9.97. The van der Waals surface area contributed by atoms with Gasteiger partial charge in [-0.05, 0) is 44.6 Å². The van der Waals surface area contributed by atoms with Gasteiger partial charge < -0.3 is 10.0 Å². The van der Waals surface area contributed by atoms with E-state index in [-0.39, 0.29) is 11.9 Å². The van der Waals surface area contributed by atoms with Crippen molar-refractivity contribution in [3.63, 3.8) is 0 Å².